The monoisotopic (exact) mass is 291 g/mol. The van der Waals surface area contributed by atoms with Crippen LogP contribution in [0.2, 0.25) is 0 Å². The summed E-state index contributed by atoms with van der Waals surface area (Å²) in [4.78, 5) is 5.04. The van der Waals surface area contributed by atoms with Crippen LogP contribution in [0.15, 0.2) is 65.7 Å². The van der Waals surface area contributed by atoms with Crippen molar-refractivity contribution >= 4 is 11.5 Å². The minimum Gasteiger partial charge on any atom is -0.297 e. The summed E-state index contributed by atoms with van der Waals surface area (Å²) in [6.45, 7) is 0. The number of nitrogens with zero attached hydrogens (tertiary/aromatic N) is 2. The normalized spacial score (nSPS) is 23.8. The molecule has 1 fully saturated rings. The number of hydrogen-bond acceptors (Lipinski definition) is 3. The van der Waals surface area contributed by atoms with Gasteiger partial charge in [0.2, 0.25) is 0 Å². The summed E-state index contributed by atoms with van der Waals surface area (Å²) in [7, 11) is 0. The van der Waals surface area contributed by atoms with Gasteiger partial charge in [-0.05, 0) is 25.0 Å². The molecular formula is C19H21N3. The third-order valence-electron chi connectivity index (χ3n) is 4.60. The van der Waals surface area contributed by atoms with Crippen LogP contribution in [0.25, 0.3) is 0 Å². The molecule has 2 atom stereocenters. The van der Waals surface area contributed by atoms with Gasteiger partial charge in [0.15, 0.2) is 0 Å². The van der Waals surface area contributed by atoms with E-state index in [2.05, 4.69) is 65.0 Å². The zero-order valence-corrected chi connectivity index (χ0v) is 12.7. The first kappa shape index (κ1) is 13.4. The topological polar surface area (TPSA) is 27.6 Å². The van der Waals surface area contributed by atoms with Gasteiger partial charge >= 0.3 is 0 Å². The van der Waals surface area contributed by atoms with Crippen LogP contribution in [0.4, 0.5) is 5.69 Å². The number of amidine groups is 1. The molecule has 2 aromatic carbocycles. The Bertz CT molecular complexity index is 651. The van der Waals surface area contributed by atoms with Crippen molar-refractivity contribution in [1.29, 1.82) is 0 Å². The third-order valence-corrected chi connectivity index (χ3v) is 4.60. The largest absolute Gasteiger partial charge is 0.297 e. The van der Waals surface area contributed by atoms with Crippen molar-refractivity contribution in [2.75, 3.05) is 5.43 Å². The van der Waals surface area contributed by atoms with Crippen molar-refractivity contribution < 1.29 is 0 Å². The summed E-state index contributed by atoms with van der Waals surface area (Å²) >= 11 is 0. The second-order valence-electron chi connectivity index (χ2n) is 6.09. The lowest BCUT2D eigenvalue weighted by Crippen LogP contribution is -2.45. The van der Waals surface area contributed by atoms with Crippen LogP contribution < -0.4 is 5.43 Å². The molecule has 1 heterocycles. The molecule has 1 aliphatic heterocycles. The highest BCUT2D eigenvalue weighted by atomic mass is 15.6. The van der Waals surface area contributed by atoms with E-state index >= 15 is 0 Å². The Balaban J connectivity index is 1.67. The van der Waals surface area contributed by atoms with Gasteiger partial charge in [0.05, 0.1) is 17.8 Å². The maximum Gasteiger partial charge on any atom is 0.150 e. The average molecular weight is 291 g/mol. The lowest BCUT2D eigenvalue weighted by Gasteiger charge is -2.33. The number of para-hydroxylation sites is 1. The molecule has 1 aliphatic carbocycles. The minimum atomic E-state index is 0.431. The van der Waals surface area contributed by atoms with E-state index in [1.54, 1.807) is 0 Å². The van der Waals surface area contributed by atoms with Crippen molar-refractivity contribution in [3.63, 3.8) is 0 Å². The first-order chi connectivity index (χ1) is 10.9. The lowest BCUT2D eigenvalue weighted by atomic mass is 9.91. The van der Waals surface area contributed by atoms with Gasteiger partial charge in [0, 0.05) is 5.56 Å². The Kier molecular flexibility index (Phi) is 3.55. The van der Waals surface area contributed by atoms with E-state index in [4.69, 9.17) is 4.99 Å². The van der Waals surface area contributed by atoms with Crippen molar-refractivity contribution in [3.8, 4) is 0 Å². The fourth-order valence-corrected chi connectivity index (χ4v) is 3.51. The number of anilines is 1. The third kappa shape index (κ3) is 2.47. The summed E-state index contributed by atoms with van der Waals surface area (Å²) in [6.07, 6.45) is 5.01. The molecule has 112 valence electrons. The van der Waals surface area contributed by atoms with Gasteiger partial charge in [-0.3, -0.25) is 15.4 Å². The lowest BCUT2D eigenvalue weighted by molar-refractivity contribution is 0.274. The molecule has 4 rings (SSSR count). The summed E-state index contributed by atoms with van der Waals surface area (Å²) < 4.78 is 0. The van der Waals surface area contributed by atoms with Gasteiger partial charge in [-0.2, -0.15) is 0 Å². The van der Waals surface area contributed by atoms with Gasteiger partial charge < -0.3 is 0 Å². The number of hydrogen-bond donors (Lipinski definition) is 1. The van der Waals surface area contributed by atoms with E-state index in [9.17, 15) is 0 Å². The molecule has 0 bridgehead atoms. The van der Waals surface area contributed by atoms with E-state index in [0.717, 1.165) is 11.5 Å². The highest BCUT2D eigenvalue weighted by molar-refractivity contribution is 6.01. The summed E-state index contributed by atoms with van der Waals surface area (Å²) in [5.41, 5.74) is 5.91. The molecule has 2 aliphatic rings. The first-order valence-electron chi connectivity index (χ1n) is 8.16. The van der Waals surface area contributed by atoms with Gasteiger partial charge in [0.25, 0.3) is 0 Å². The molecule has 0 spiro atoms. The summed E-state index contributed by atoms with van der Waals surface area (Å²) in [6, 6.07) is 21.8. The Morgan fingerprint density at radius 2 is 1.55 bits per heavy atom. The Morgan fingerprint density at radius 3 is 2.32 bits per heavy atom. The molecule has 0 saturated heterocycles. The molecular weight excluding hydrogens is 270 g/mol. The van der Waals surface area contributed by atoms with Crippen molar-refractivity contribution in [2.45, 2.75) is 37.8 Å². The summed E-state index contributed by atoms with van der Waals surface area (Å²) in [5.74, 6) is 1.08. The molecule has 1 N–H and O–H groups in total. The van der Waals surface area contributed by atoms with Gasteiger partial charge in [-0.15, -0.1) is 0 Å². The number of hydrazine groups is 1. The number of rotatable bonds is 3. The molecule has 2 aromatic rings. The highest BCUT2D eigenvalue weighted by Crippen LogP contribution is 2.32. The van der Waals surface area contributed by atoms with E-state index in [-0.39, 0.29) is 0 Å². The van der Waals surface area contributed by atoms with Crippen molar-refractivity contribution in [1.82, 2.24) is 5.01 Å². The molecule has 1 saturated carbocycles. The first-order valence-corrected chi connectivity index (χ1v) is 8.16. The van der Waals surface area contributed by atoms with Gasteiger partial charge in [0.1, 0.15) is 5.84 Å². The molecule has 3 heteroatoms. The van der Waals surface area contributed by atoms with E-state index in [1.807, 2.05) is 6.07 Å². The Hall–Kier alpha value is -2.29. The number of nitrogens with one attached hydrogen (secondary N) is 1. The van der Waals surface area contributed by atoms with E-state index < -0.39 is 0 Å². The van der Waals surface area contributed by atoms with Crippen LogP contribution in [0.3, 0.4) is 0 Å². The van der Waals surface area contributed by atoms with E-state index in [0.29, 0.717) is 12.1 Å². The minimum absolute atomic E-state index is 0.431. The average Bonchev–Trinajstić information content (AvgIpc) is 2.95. The fourth-order valence-electron chi connectivity index (χ4n) is 3.51. The zero-order valence-electron chi connectivity index (χ0n) is 12.7. The number of aliphatic imine (C=N–C) groups is 1. The van der Waals surface area contributed by atoms with Crippen LogP contribution >= 0.6 is 0 Å². The van der Waals surface area contributed by atoms with Crippen LogP contribution in [-0.4, -0.2) is 22.9 Å². The highest BCUT2D eigenvalue weighted by Gasteiger charge is 2.38. The standard InChI is InChI=1S/C19H21N3/c1-3-9-15(10-4-1)19-20-17-13-7-8-14-18(17)22(19)21-16-11-5-2-6-12-16/h1-6,9-12,17-18,21H,7-8,13-14H2/t17-,18+/m0/s1. The molecule has 22 heavy (non-hydrogen) atoms. The van der Waals surface area contributed by atoms with Crippen molar-refractivity contribution in [3.05, 3.63) is 66.2 Å². The number of fused-ring (bicyclic) bond motifs is 1. The van der Waals surface area contributed by atoms with Gasteiger partial charge in [-0.1, -0.05) is 61.4 Å². The fraction of sp³-hybridized carbons (Fsp3) is 0.316. The van der Waals surface area contributed by atoms with Crippen LogP contribution in [-0.2, 0) is 0 Å². The second-order valence-corrected chi connectivity index (χ2v) is 6.09. The van der Waals surface area contributed by atoms with Crippen LogP contribution in [0.1, 0.15) is 31.2 Å². The second kappa shape index (κ2) is 5.84. The smallest absolute Gasteiger partial charge is 0.150 e. The maximum atomic E-state index is 5.04. The predicted molar refractivity (Wildman–Crippen MR) is 90.9 cm³/mol. The Labute approximate surface area is 131 Å². The van der Waals surface area contributed by atoms with Crippen LogP contribution in [0.5, 0.6) is 0 Å². The molecule has 0 amide bonds. The SMILES string of the molecule is c1ccc(NN2C(c3ccccc3)=N[C@H]3CCCC[C@H]32)cc1. The van der Waals surface area contributed by atoms with Crippen molar-refractivity contribution in [2.24, 2.45) is 4.99 Å². The molecule has 0 unspecified atom stereocenters. The van der Waals surface area contributed by atoms with Gasteiger partial charge in [-0.25, -0.2) is 0 Å². The molecule has 3 nitrogen and oxygen atoms in total. The van der Waals surface area contributed by atoms with Crippen LogP contribution in [0, 0.1) is 0 Å². The maximum absolute atomic E-state index is 5.04. The molecule has 0 aromatic heterocycles. The molecule has 0 radical (unpaired) electrons. The summed E-state index contributed by atoms with van der Waals surface area (Å²) in [5, 5.41) is 2.30. The van der Waals surface area contributed by atoms with E-state index in [1.165, 1.54) is 31.2 Å². The Morgan fingerprint density at radius 1 is 0.864 bits per heavy atom. The predicted octanol–water partition coefficient (Wildman–Crippen LogP) is 4.09. The zero-order chi connectivity index (χ0) is 14.8. The number of benzene rings is 2. The quantitative estimate of drug-likeness (QED) is 0.922.